The fourth-order valence-corrected chi connectivity index (χ4v) is 3.39. The molecule has 0 radical (unpaired) electrons. The molecule has 0 saturated carbocycles. The first-order valence-corrected chi connectivity index (χ1v) is 8.39. The smallest absolute Gasteiger partial charge is 0.403 e. The van der Waals surface area contributed by atoms with Crippen LogP contribution in [0.3, 0.4) is 0 Å². The normalized spacial score (nSPS) is 14.9. The third-order valence-electron chi connectivity index (χ3n) is 3.70. The Morgan fingerprint density at radius 2 is 1.83 bits per heavy atom. The number of aliphatic hydroxyl groups excluding tert-OH is 1. The molecule has 126 valence electrons. The monoisotopic (exact) mass is 346 g/mol. The van der Waals surface area contributed by atoms with Crippen LogP contribution in [0.25, 0.3) is 0 Å². The lowest BCUT2D eigenvalue weighted by Crippen LogP contribution is -2.42. The molecular formula is C17H19BO5S. The minimum Gasteiger partial charge on any atom is -0.403 e. The van der Waals surface area contributed by atoms with Crippen molar-refractivity contribution in [3.8, 4) is 0 Å². The highest BCUT2D eigenvalue weighted by atomic mass is 32.2. The standard InChI is InChI=1S/C17H19BO5S/c1-20-17(21-2)16(19)23-18-15-10-14(9-8-12(15)11-22-18)24-13-6-4-3-5-7-13/h3-10,16-17,19H,11H2,1-2H3. The van der Waals surface area contributed by atoms with Crippen molar-refractivity contribution in [2.75, 3.05) is 14.2 Å². The number of hydrogen-bond donors (Lipinski definition) is 1. The van der Waals surface area contributed by atoms with E-state index < -0.39 is 19.7 Å². The lowest BCUT2D eigenvalue weighted by atomic mass is 9.79. The Kier molecular flexibility index (Phi) is 5.94. The highest BCUT2D eigenvalue weighted by Crippen LogP contribution is 2.28. The van der Waals surface area contributed by atoms with Gasteiger partial charge >= 0.3 is 7.12 Å². The summed E-state index contributed by atoms with van der Waals surface area (Å²) < 4.78 is 21.2. The fourth-order valence-electron chi connectivity index (χ4n) is 2.50. The molecule has 2 aromatic rings. The van der Waals surface area contributed by atoms with E-state index in [4.69, 9.17) is 18.8 Å². The van der Waals surface area contributed by atoms with E-state index in [-0.39, 0.29) is 0 Å². The summed E-state index contributed by atoms with van der Waals surface area (Å²) in [6.07, 6.45) is -2.10. The van der Waals surface area contributed by atoms with Gasteiger partial charge in [0.2, 0.25) is 6.29 Å². The summed E-state index contributed by atoms with van der Waals surface area (Å²) in [5, 5.41) is 10.0. The highest BCUT2D eigenvalue weighted by molar-refractivity contribution is 7.99. The Labute approximate surface area is 146 Å². The largest absolute Gasteiger partial charge is 0.496 e. The summed E-state index contributed by atoms with van der Waals surface area (Å²) >= 11 is 1.67. The van der Waals surface area contributed by atoms with Gasteiger partial charge in [-0.2, -0.15) is 0 Å². The average molecular weight is 346 g/mol. The van der Waals surface area contributed by atoms with Crippen LogP contribution in [0.2, 0.25) is 0 Å². The van der Waals surface area contributed by atoms with Crippen LogP contribution >= 0.6 is 11.8 Å². The zero-order valence-corrected chi connectivity index (χ0v) is 14.4. The fraction of sp³-hybridized carbons (Fsp3) is 0.294. The molecule has 0 fully saturated rings. The molecule has 1 atom stereocenters. The maximum Gasteiger partial charge on any atom is 0.496 e. The van der Waals surface area contributed by atoms with Gasteiger partial charge in [0.05, 0.1) is 6.61 Å². The molecule has 1 N–H and O–H groups in total. The molecule has 5 nitrogen and oxygen atoms in total. The molecule has 1 heterocycles. The SMILES string of the molecule is COC(OC)C(O)OB1OCc2ccc(Sc3ccccc3)cc21. The molecule has 1 aliphatic rings. The molecule has 2 aromatic carbocycles. The van der Waals surface area contributed by atoms with Crippen LogP contribution in [0.5, 0.6) is 0 Å². The Balaban J connectivity index is 1.73. The number of rotatable bonds is 7. The molecule has 0 saturated heterocycles. The summed E-state index contributed by atoms with van der Waals surface area (Å²) in [6.45, 7) is 0.452. The molecule has 0 spiro atoms. The first kappa shape index (κ1) is 17.5. The van der Waals surface area contributed by atoms with Crippen LogP contribution in [0.4, 0.5) is 0 Å². The first-order valence-electron chi connectivity index (χ1n) is 7.57. The van der Waals surface area contributed by atoms with Crippen LogP contribution in [-0.4, -0.2) is 39.0 Å². The number of ether oxygens (including phenoxy) is 2. The van der Waals surface area contributed by atoms with Gasteiger partial charge in [-0.15, -0.1) is 0 Å². The Bertz CT molecular complexity index is 665. The van der Waals surface area contributed by atoms with Gasteiger partial charge in [0.1, 0.15) is 0 Å². The summed E-state index contributed by atoms with van der Waals surface area (Å²) in [7, 11) is 2.25. The van der Waals surface area contributed by atoms with E-state index in [1.165, 1.54) is 14.2 Å². The van der Waals surface area contributed by atoms with Crippen LogP contribution in [0.1, 0.15) is 5.56 Å². The summed E-state index contributed by atoms with van der Waals surface area (Å²) in [5.41, 5.74) is 1.97. The Hall–Kier alpha value is -1.35. The van der Waals surface area contributed by atoms with Gasteiger partial charge in [-0.05, 0) is 35.3 Å². The second kappa shape index (κ2) is 8.16. The van der Waals surface area contributed by atoms with E-state index in [1.54, 1.807) is 11.8 Å². The van der Waals surface area contributed by atoms with Crippen LogP contribution in [0.15, 0.2) is 58.3 Å². The van der Waals surface area contributed by atoms with E-state index in [0.29, 0.717) is 6.61 Å². The van der Waals surface area contributed by atoms with E-state index in [2.05, 4.69) is 18.2 Å². The number of methoxy groups -OCH3 is 2. The second-order valence-electron chi connectivity index (χ2n) is 5.29. The first-order chi connectivity index (χ1) is 11.7. The lowest BCUT2D eigenvalue weighted by molar-refractivity contribution is -0.227. The Morgan fingerprint density at radius 3 is 2.54 bits per heavy atom. The van der Waals surface area contributed by atoms with E-state index in [0.717, 1.165) is 20.8 Å². The number of fused-ring (bicyclic) bond motifs is 1. The molecule has 0 amide bonds. The van der Waals surface area contributed by atoms with Crippen molar-refractivity contribution in [3.63, 3.8) is 0 Å². The van der Waals surface area contributed by atoms with Crippen molar-refractivity contribution < 1.29 is 23.9 Å². The molecule has 7 heteroatoms. The third kappa shape index (κ3) is 4.00. The van der Waals surface area contributed by atoms with Gasteiger partial charge in [0, 0.05) is 24.0 Å². The zero-order valence-electron chi connectivity index (χ0n) is 13.5. The van der Waals surface area contributed by atoms with Crippen molar-refractivity contribution in [3.05, 3.63) is 54.1 Å². The van der Waals surface area contributed by atoms with Crippen molar-refractivity contribution in [2.24, 2.45) is 0 Å². The van der Waals surface area contributed by atoms with Crippen LogP contribution in [-0.2, 0) is 25.4 Å². The van der Waals surface area contributed by atoms with E-state index in [1.807, 2.05) is 30.3 Å². The van der Waals surface area contributed by atoms with Gasteiger partial charge in [-0.1, -0.05) is 36.0 Å². The maximum atomic E-state index is 10.0. The van der Waals surface area contributed by atoms with E-state index in [9.17, 15) is 5.11 Å². The van der Waals surface area contributed by atoms with Gasteiger partial charge in [0.15, 0.2) is 6.29 Å². The quantitative estimate of drug-likeness (QED) is 0.612. The topological polar surface area (TPSA) is 57.2 Å². The summed E-state index contributed by atoms with van der Waals surface area (Å²) in [6, 6.07) is 16.3. The van der Waals surface area contributed by atoms with Crippen LogP contribution in [0, 0.1) is 0 Å². The van der Waals surface area contributed by atoms with Gasteiger partial charge in [-0.25, -0.2) is 0 Å². The minimum absolute atomic E-state index is 0.452. The second-order valence-corrected chi connectivity index (χ2v) is 6.43. The molecule has 3 rings (SSSR count). The number of hydrogen-bond acceptors (Lipinski definition) is 6. The lowest BCUT2D eigenvalue weighted by Gasteiger charge is -2.22. The molecule has 24 heavy (non-hydrogen) atoms. The molecule has 1 aliphatic heterocycles. The summed E-state index contributed by atoms with van der Waals surface area (Å²) in [5.74, 6) is 0. The molecular weight excluding hydrogens is 327 g/mol. The minimum atomic E-state index is -1.23. The van der Waals surface area contributed by atoms with Crippen molar-refractivity contribution in [1.82, 2.24) is 0 Å². The number of benzene rings is 2. The zero-order chi connectivity index (χ0) is 16.9. The molecule has 0 bridgehead atoms. The maximum absolute atomic E-state index is 10.0. The van der Waals surface area contributed by atoms with Gasteiger partial charge in [-0.3, -0.25) is 0 Å². The van der Waals surface area contributed by atoms with Crippen molar-refractivity contribution >= 4 is 24.3 Å². The van der Waals surface area contributed by atoms with Gasteiger partial charge in [0.25, 0.3) is 0 Å². The third-order valence-corrected chi connectivity index (χ3v) is 4.70. The predicted octanol–water partition coefficient (Wildman–Crippen LogP) is 2.02. The number of aliphatic hydroxyl groups is 1. The van der Waals surface area contributed by atoms with Crippen LogP contribution < -0.4 is 5.46 Å². The van der Waals surface area contributed by atoms with Gasteiger partial charge < -0.3 is 23.9 Å². The van der Waals surface area contributed by atoms with Crippen molar-refractivity contribution in [2.45, 2.75) is 29.0 Å². The summed E-state index contributed by atoms with van der Waals surface area (Å²) in [4.78, 5) is 2.25. The molecule has 0 aliphatic carbocycles. The van der Waals surface area contributed by atoms with E-state index >= 15 is 0 Å². The highest BCUT2D eigenvalue weighted by Gasteiger charge is 2.35. The van der Waals surface area contributed by atoms with Crippen molar-refractivity contribution in [1.29, 1.82) is 0 Å². The average Bonchev–Trinajstić information content (AvgIpc) is 2.99. The molecule has 1 unspecified atom stereocenters. The molecule has 0 aromatic heterocycles. The predicted molar refractivity (Wildman–Crippen MR) is 92.1 cm³/mol. The Morgan fingerprint density at radius 1 is 1.08 bits per heavy atom.